The van der Waals surface area contributed by atoms with Gasteiger partial charge in [-0.15, -0.1) is 22.7 Å². The number of benzene rings is 7. The van der Waals surface area contributed by atoms with Gasteiger partial charge >= 0.3 is 0 Å². The van der Waals surface area contributed by atoms with Gasteiger partial charge in [-0.3, -0.25) is 0 Å². The lowest BCUT2D eigenvalue weighted by Crippen LogP contribution is -2.16. The average molecular weight is 708 g/mol. The van der Waals surface area contributed by atoms with Gasteiger partial charge in [-0.05, 0) is 84.9 Å². The Morgan fingerprint density at radius 2 is 1.23 bits per heavy atom. The second-order valence-corrected chi connectivity index (χ2v) is 14.6. The summed E-state index contributed by atoms with van der Waals surface area (Å²) in [6.07, 6.45) is 0. The standard InChI is InChI=1S/C44H25N3O3S2/c1-2-10-29(11-3-1)48-37-25-34-41(42-40(37)30-12-4-7-15-35(30)49-42)50-36-23-20-27(44-46-32-14-6-9-17-39(32)52-44)24-33(36)47(34)28-21-18-26(19-22-28)43-45-31-13-5-8-16-38(31)51-43/h1-25H. The summed E-state index contributed by atoms with van der Waals surface area (Å²) >= 11 is 3.38. The monoisotopic (exact) mass is 707 g/mol. The molecule has 246 valence electrons. The van der Waals surface area contributed by atoms with E-state index in [0.717, 1.165) is 76.0 Å². The first-order chi connectivity index (χ1) is 25.7. The number of hydrogen-bond acceptors (Lipinski definition) is 8. The number of ether oxygens (including phenoxy) is 2. The van der Waals surface area contributed by atoms with E-state index in [9.17, 15) is 0 Å². The molecule has 0 amide bonds. The van der Waals surface area contributed by atoms with E-state index < -0.39 is 0 Å². The molecule has 0 radical (unpaired) electrons. The molecular formula is C44H25N3O3S2. The van der Waals surface area contributed by atoms with Crippen LogP contribution in [0.15, 0.2) is 156 Å². The Labute approximate surface area is 305 Å². The van der Waals surface area contributed by atoms with Gasteiger partial charge in [-0.25, -0.2) is 9.97 Å². The Balaban J connectivity index is 1.13. The van der Waals surface area contributed by atoms with Crippen LogP contribution in [0, 0.1) is 0 Å². The molecule has 52 heavy (non-hydrogen) atoms. The fourth-order valence-electron chi connectivity index (χ4n) is 6.96. The molecule has 11 rings (SSSR count). The van der Waals surface area contributed by atoms with Crippen molar-refractivity contribution < 1.29 is 13.9 Å². The minimum Gasteiger partial charge on any atom is -0.456 e. The average Bonchev–Trinajstić information content (AvgIpc) is 3.93. The zero-order valence-electron chi connectivity index (χ0n) is 27.3. The minimum atomic E-state index is 0.627. The number of nitrogens with zero attached hydrogens (tertiary/aromatic N) is 3. The first kappa shape index (κ1) is 29.3. The van der Waals surface area contributed by atoms with Crippen molar-refractivity contribution in [3.05, 3.63) is 152 Å². The van der Waals surface area contributed by atoms with Crippen LogP contribution in [0.4, 0.5) is 17.1 Å². The van der Waals surface area contributed by atoms with Crippen LogP contribution < -0.4 is 14.4 Å². The van der Waals surface area contributed by atoms with Crippen molar-refractivity contribution >= 4 is 82.1 Å². The molecule has 0 fully saturated rings. The highest BCUT2D eigenvalue weighted by molar-refractivity contribution is 7.22. The molecule has 7 aromatic carbocycles. The summed E-state index contributed by atoms with van der Waals surface area (Å²) in [5.41, 5.74) is 8.09. The molecule has 3 aromatic heterocycles. The van der Waals surface area contributed by atoms with Crippen molar-refractivity contribution in [1.82, 2.24) is 9.97 Å². The van der Waals surface area contributed by atoms with Crippen LogP contribution in [0.5, 0.6) is 23.0 Å². The number of thiazole rings is 2. The first-order valence-corrected chi connectivity index (χ1v) is 18.5. The van der Waals surface area contributed by atoms with Crippen LogP contribution >= 0.6 is 22.7 Å². The van der Waals surface area contributed by atoms with Crippen molar-refractivity contribution in [3.63, 3.8) is 0 Å². The molecular weight excluding hydrogens is 683 g/mol. The summed E-state index contributed by atoms with van der Waals surface area (Å²) < 4.78 is 22.4. The molecule has 8 heteroatoms. The van der Waals surface area contributed by atoms with E-state index in [1.165, 1.54) is 4.70 Å². The van der Waals surface area contributed by atoms with Crippen molar-refractivity contribution in [2.24, 2.45) is 0 Å². The molecule has 1 aliphatic heterocycles. The molecule has 4 heterocycles. The Morgan fingerprint density at radius 3 is 1.98 bits per heavy atom. The summed E-state index contributed by atoms with van der Waals surface area (Å²) in [7, 11) is 0. The Bertz CT molecular complexity index is 2920. The minimum absolute atomic E-state index is 0.627. The fourth-order valence-corrected chi connectivity index (χ4v) is 8.90. The van der Waals surface area contributed by atoms with Crippen LogP contribution in [0.2, 0.25) is 0 Å². The van der Waals surface area contributed by atoms with E-state index >= 15 is 0 Å². The highest BCUT2D eigenvalue weighted by Crippen LogP contribution is 2.57. The van der Waals surface area contributed by atoms with Crippen LogP contribution in [-0.4, -0.2) is 9.97 Å². The topological polar surface area (TPSA) is 60.6 Å². The van der Waals surface area contributed by atoms with E-state index in [0.29, 0.717) is 22.8 Å². The lowest BCUT2D eigenvalue weighted by molar-refractivity contribution is 0.464. The number of furan rings is 1. The van der Waals surface area contributed by atoms with Gasteiger partial charge in [0.15, 0.2) is 17.1 Å². The number of aromatic nitrogens is 2. The van der Waals surface area contributed by atoms with Gasteiger partial charge in [-0.2, -0.15) is 0 Å². The maximum atomic E-state index is 6.84. The summed E-state index contributed by atoms with van der Waals surface area (Å²) in [5.74, 6) is 2.75. The van der Waals surface area contributed by atoms with Gasteiger partial charge < -0.3 is 18.8 Å². The van der Waals surface area contributed by atoms with Gasteiger partial charge in [0, 0.05) is 28.3 Å². The maximum absolute atomic E-state index is 6.84. The Kier molecular flexibility index (Phi) is 6.49. The molecule has 0 spiro atoms. The van der Waals surface area contributed by atoms with Crippen molar-refractivity contribution in [3.8, 4) is 44.1 Å². The highest BCUT2D eigenvalue weighted by Gasteiger charge is 2.32. The second-order valence-electron chi connectivity index (χ2n) is 12.6. The Hall–Kier alpha value is -6.48. The van der Waals surface area contributed by atoms with E-state index in [1.54, 1.807) is 22.7 Å². The molecule has 1 aliphatic rings. The third-order valence-electron chi connectivity index (χ3n) is 9.38. The van der Waals surface area contributed by atoms with Crippen molar-refractivity contribution in [2.45, 2.75) is 0 Å². The molecule has 0 saturated heterocycles. The summed E-state index contributed by atoms with van der Waals surface area (Å²) in [5, 5.41) is 3.75. The summed E-state index contributed by atoms with van der Waals surface area (Å²) in [6.45, 7) is 0. The van der Waals surface area contributed by atoms with E-state index in [1.807, 2.05) is 66.7 Å². The molecule has 0 N–H and O–H groups in total. The molecule has 10 aromatic rings. The third kappa shape index (κ3) is 4.69. The molecule has 6 nitrogen and oxygen atoms in total. The second kappa shape index (κ2) is 11.5. The zero-order valence-corrected chi connectivity index (χ0v) is 28.9. The van der Waals surface area contributed by atoms with Gasteiger partial charge in [-0.1, -0.05) is 60.7 Å². The lowest BCUT2D eigenvalue weighted by atomic mass is 10.0. The van der Waals surface area contributed by atoms with E-state index in [4.69, 9.17) is 23.9 Å². The zero-order chi connectivity index (χ0) is 34.2. The highest BCUT2D eigenvalue weighted by atomic mass is 32.1. The molecule has 0 aliphatic carbocycles. The fraction of sp³-hybridized carbons (Fsp3) is 0. The number of para-hydroxylation sites is 4. The number of fused-ring (bicyclic) bond motifs is 8. The van der Waals surface area contributed by atoms with Gasteiger partial charge in [0.1, 0.15) is 27.1 Å². The Morgan fingerprint density at radius 1 is 0.577 bits per heavy atom. The first-order valence-electron chi connectivity index (χ1n) is 16.9. The largest absolute Gasteiger partial charge is 0.456 e. The van der Waals surface area contributed by atoms with Crippen molar-refractivity contribution in [1.29, 1.82) is 0 Å². The SMILES string of the molecule is c1ccc(Oc2cc3c(c4oc5ccccc5c24)Oc2ccc(-c4nc5ccccc5s4)cc2N3c2ccc(-c3nc4ccccc4s3)cc2)cc1. The normalized spacial score (nSPS) is 12.3. The maximum Gasteiger partial charge on any atom is 0.194 e. The van der Waals surface area contributed by atoms with Gasteiger partial charge in [0.05, 0.1) is 37.2 Å². The van der Waals surface area contributed by atoms with Crippen molar-refractivity contribution in [2.75, 3.05) is 4.90 Å². The predicted molar refractivity (Wildman–Crippen MR) is 212 cm³/mol. The van der Waals surface area contributed by atoms with Crippen LogP contribution in [0.3, 0.4) is 0 Å². The smallest absolute Gasteiger partial charge is 0.194 e. The predicted octanol–water partition coefficient (Wildman–Crippen LogP) is 13.5. The molecule has 0 atom stereocenters. The number of anilines is 3. The van der Waals surface area contributed by atoms with Crippen LogP contribution in [0.25, 0.3) is 63.5 Å². The van der Waals surface area contributed by atoms with E-state index in [-0.39, 0.29) is 0 Å². The lowest BCUT2D eigenvalue weighted by Gasteiger charge is -2.33. The molecule has 0 saturated carbocycles. The summed E-state index contributed by atoms with van der Waals surface area (Å²) in [6, 6.07) is 51.3. The van der Waals surface area contributed by atoms with Gasteiger partial charge in [0.25, 0.3) is 0 Å². The molecule has 0 unspecified atom stereocenters. The quantitative estimate of drug-likeness (QED) is 0.177. The van der Waals surface area contributed by atoms with E-state index in [2.05, 4.69) is 89.8 Å². The number of rotatable bonds is 5. The van der Waals surface area contributed by atoms with Gasteiger partial charge in [0.2, 0.25) is 0 Å². The summed E-state index contributed by atoms with van der Waals surface area (Å²) in [4.78, 5) is 12.1. The number of hydrogen-bond donors (Lipinski definition) is 0. The van der Waals surface area contributed by atoms with Crippen LogP contribution in [0.1, 0.15) is 0 Å². The van der Waals surface area contributed by atoms with Crippen LogP contribution in [-0.2, 0) is 0 Å². The third-order valence-corrected chi connectivity index (χ3v) is 11.6. The molecule has 0 bridgehead atoms.